The van der Waals surface area contributed by atoms with Gasteiger partial charge in [-0.15, -0.1) is 5.10 Å². The Morgan fingerprint density at radius 3 is 2.86 bits per heavy atom. The van der Waals surface area contributed by atoms with Crippen LogP contribution in [0.25, 0.3) is 0 Å². The summed E-state index contributed by atoms with van der Waals surface area (Å²) in [5, 5.41) is 13.5. The number of aryl methyl sites for hydroxylation is 2. The van der Waals surface area contributed by atoms with Crippen LogP contribution in [0.3, 0.4) is 0 Å². The van der Waals surface area contributed by atoms with Gasteiger partial charge in [0, 0.05) is 12.1 Å². The molecular weight excluding hydrogens is 284 g/mol. The van der Waals surface area contributed by atoms with Crippen molar-refractivity contribution in [3.63, 3.8) is 0 Å². The van der Waals surface area contributed by atoms with Crippen molar-refractivity contribution in [1.29, 1.82) is 0 Å². The van der Waals surface area contributed by atoms with Gasteiger partial charge in [0.05, 0.1) is 12.2 Å². The third-order valence-corrected chi connectivity index (χ3v) is 3.05. The molecule has 0 spiro atoms. The van der Waals surface area contributed by atoms with Crippen LogP contribution in [-0.4, -0.2) is 26.0 Å². The minimum atomic E-state index is -0.380. The van der Waals surface area contributed by atoms with Crippen LogP contribution in [0.5, 0.6) is 0 Å². The van der Waals surface area contributed by atoms with Gasteiger partial charge in [-0.2, -0.15) is 4.98 Å². The number of hydrogen-bond donors (Lipinski definition) is 2. The number of urea groups is 1. The first-order chi connectivity index (χ1) is 10.5. The fourth-order valence-corrected chi connectivity index (χ4v) is 2.07. The summed E-state index contributed by atoms with van der Waals surface area (Å²) in [6.45, 7) is 8.20. The van der Waals surface area contributed by atoms with Crippen molar-refractivity contribution in [3.05, 3.63) is 23.3 Å². The molecule has 8 heteroatoms. The first kappa shape index (κ1) is 16.0. The summed E-state index contributed by atoms with van der Waals surface area (Å²) in [6.07, 6.45) is 1.87. The van der Waals surface area contributed by atoms with Gasteiger partial charge in [0.1, 0.15) is 5.82 Å². The zero-order valence-electron chi connectivity index (χ0n) is 13.4. The number of rotatable bonds is 6. The van der Waals surface area contributed by atoms with Gasteiger partial charge < -0.3 is 9.84 Å². The van der Waals surface area contributed by atoms with E-state index >= 15 is 0 Å². The molecule has 2 rings (SSSR count). The maximum Gasteiger partial charge on any atom is 0.322 e. The van der Waals surface area contributed by atoms with Crippen molar-refractivity contribution < 1.29 is 9.32 Å². The first-order valence-electron chi connectivity index (χ1n) is 7.42. The molecule has 0 saturated carbocycles. The van der Waals surface area contributed by atoms with Crippen molar-refractivity contribution in [2.75, 3.05) is 5.32 Å². The van der Waals surface area contributed by atoms with E-state index in [1.54, 1.807) is 4.68 Å². The van der Waals surface area contributed by atoms with Crippen LogP contribution in [0.15, 0.2) is 10.6 Å². The van der Waals surface area contributed by atoms with Gasteiger partial charge in [0.25, 0.3) is 0 Å². The van der Waals surface area contributed by atoms with E-state index in [0.29, 0.717) is 5.76 Å². The number of nitrogens with one attached hydrogen (secondary N) is 2. The van der Waals surface area contributed by atoms with Gasteiger partial charge in [-0.25, -0.2) is 9.48 Å². The molecule has 0 aromatic carbocycles. The van der Waals surface area contributed by atoms with Gasteiger partial charge in [-0.3, -0.25) is 5.32 Å². The molecule has 0 aliphatic carbocycles. The summed E-state index contributed by atoms with van der Waals surface area (Å²) in [5.74, 6) is 1.66. The van der Waals surface area contributed by atoms with E-state index < -0.39 is 0 Å². The minimum absolute atomic E-state index is 0.192. The summed E-state index contributed by atoms with van der Waals surface area (Å²) < 4.78 is 6.90. The second kappa shape index (κ2) is 7.06. The van der Waals surface area contributed by atoms with Crippen molar-refractivity contribution in [2.45, 2.75) is 53.1 Å². The fourth-order valence-electron chi connectivity index (χ4n) is 2.07. The second-order valence-electron chi connectivity index (χ2n) is 5.36. The van der Waals surface area contributed by atoms with E-state index in [1.165, 1.54) is 0 Å². The topological polar surface area (TPSA) is 97.9 Å². The van der Waals surface area contributed by atoms with Crippen LogP contribution >= 0.6 is 0 Å². The van der Waals surface area contributed by atoms with Crippen molar-refractivity contribution in [3.8, 4) is 0 Å². The Labute approximate surface area is 129 Å². The number of carbonyl (C=O) groups excluding carboxylic acids is 1. The lowest BCUT2D eigenvalue weighted by atomic mass is 10.2. The summed E-state index contributed by atoms with van der Waals surface area (Å²) in [5.41, 5.74) is 0.896. The van der Waals surface area contributed by atoms with E-state index in [1.807, 2.05) is 26.8 Å². The number of hydrogen-bond acceptors (Lipinski definition) is 5. The molecule has 2 heterocycles. The predicted octanol–water partition coefficient (Wildman–Crippen LogP) is 2.43. The van der Waals surface area contributed by atoms with E-state index in [2.05, 4.69) is 32.8 Å². The summed E-state index contributed by atoms with van der Waals surface area (Å²) in [4.78, 5) is 16.0. The number of aromatic nitrogens is 4. The third kappa shape index (κ3) is 4.06. The molecule has 0 bridgehead atoms. The monoisotopic (exact) mass is 306 g/mol. The van der Waals surface area contributed by atoms with Gasteiger partial charge >= 0.3 is 6.03 Å². The smallest absolute Gasteiger partial charge is 0.322 e. The SMILES string of the molecule is CCCc1cc(CNC(=O)Nc2nc(C)n(C(C)C)n2)on1. The van der Waals surface area contributed by atoms with Gasteiger partial charge in [-0.05, 0) is 27.2 Å². The molecule has 0 radical (unpaired) electrons. The van der Waals surface area contributed by atoms with Crippen LogP contribution in [0.2, 0.25) is 0 Å². The maximum atomic E-state index is 11.8. The quantitative estimate of drug-likeness (QED) is 0.854. The largest absolute Gasteiger partial charge is 0.359 e. The van der Waals surface area contributed by atoms with Gasteiger partial charge in [0.15, 0.2) is 5.76 Å². The van der Waals surface area contributed by atoms with Crippen molar-refractivity contribution in [1.82, 2.24) is 25.2 Å². The molecule has 8 nitrogen and oxygen atoms in total. The number of amides is 2. The van der Waals surface area contributed by atoms with Crippen molar-refractivity contribution in [2.24, 2.45) is 0 Å². The molecule has 2 aromatic heterocycles. The van der Waals surface area contributed by atoms with Crippen LogP contribution in [0, 0.1) is 6.92 Å². The molecule has 0 atom stereocenters. The van der Waals surface area contributed by atoms with Crippen LogP contribution < -0.4 is 10.6 Å². The predicted molar refractivity (Wildman–Crippen MR) is 81.5 cm³/mol. The molecule has 0 saturated heterocycles. The lowest BCUT2D eigenvalue weighted by Gasteiger charge is -2.05. The molecule has 2 amide bonds. The normalized spacial score (nSPS) is 11.0. The Morgan fingerprint density at radius 1 is 1.45 bits per heavy atom. The van der Waals surface area contributed by atoms with Crippen molar-refractivity contribution >= 4 is 12.0 Å². The molecule has 120 valence electrons. The van der Waals surface area contributed by atoms with E-state index in [0.717, 1.165) is 24.4 Å². The van der Waals surface area contributed by atoms with E-state index in [4.69, 9.17) is 4.52 Å². The average molecular weight is 306 g/mol. The number of nitrogens with zero attached hydrogens (tertiary/aromatic N) is 4. The highest BCUT2D eigenvalue weighted by Gasteiger charge is 2.12. The standard InChI is InChI=1S/C14H22N6O2/c1-5-6-11-7-12(22-19-11)8-15-14(21)17-13-16-10(4)20(18-13)9(2)3/h7,9H,5-6,8H2,1-4H3,(H2,15,17,18,21). The Bertz CT molecular complexity index is 631. The molecule has 0 fully saturated rings. The highest BCUT2D eigenvalue weighted by molar-refractivity contribution is 5.87. The first-order valence-corrected chi connectivity index (χ1v) is 7.42. The summed E-state index contributed by atoms with van der Waals surface area (Å²) in [7, 11) is 0. The Hall–Kier alpha value is -2.38. The Morgan fingerprint density at radius 2 is 2.23 bits per heavy atom. The Balaban J connectivity index is 1.86. The summed E-state index contributed by atoms with van der Waals surface area (Å²) >= 11 is 0. The molecule has 0 aliphatic rings. The second-order valence-corrected chi connectivity index (χ2v) is 5.36. The lowest BCUT2D eigenvalue weighted by molar-refractivity contribution is 0.250. The van der Waals surface area contributed by atoms with Gasteiger partial charge in [0.2, 0.25) is 5.95 Å². The van der Waals surface area contributed by atoms with Gasteiger partial charge in [-0.1, -0.05) is 18.5 Å². The number of carbonyl (C=O) groups is 1. The zero-order valence-corrected chi connectivity index (χ0v) is 13.4. The molecule has 0 unspecified atom stereocenters. The zero-order chi connectivity index (χ0) is 16.1. The molecule has 2 aromatic rings. The molecular formula is C14H22N6O2. The maximum absolute atomic E-state index is 11.8. The average Bonchev–Trinajstić information content (AvgIpc) is 3.04. The fraction of sp³-hybridized carbons (Fsp3) is 0.571. The van der Waals surface area contributed by atoms with E-state index in [-0.39, 0.29) is 24.6 Å². The molecule has 2 N–H and O–H groups in total. The van der Waals surface area contributed by atoms with E-state index in [9.17, 15) is 4.79 Å². The molecule has 22 heavy (non-hydrogen) atoms. The van der Waals surface area contributed by atoms with Crippen LogP contribution in [0.1, 0.15) is 50.5 Å². The highest BCUT2D eigenvalue weighted by Crippen LogP contribution is 2.09. The Kier molecular flexibility index (Phi) is 5.13. The minimum Gasteiger partial charge on any atom is -0.359 e. The highest BCUT2D eigenvalue weighted by atomic mass is 16.5. The summed E-state index contributed by atoms with van der Waals surface area (Å²) in [6, 6.07) is 1.66. The lowest BCUT2D eigenvalue weighted by Crippen LogP contribution is -2.28. The van der Waals surface area contributed by atoms with Crippen LogP contribution in [-0.2, 0) is 13.0 Å². The third-order valence-electron chi connectivity index (χ3n) is 3.05. The van der Waals surface area contributed by atoms with Crippen LogP contribution in [0.4, 0.5) is 10.7 Å². The molecule has 0 aliphatic heterocycles. The number of anilines is 1.